The molecule has 110 valence electrons. The summed E-state index contributed by atoms with van der Waals surface area (Å²) in [5.74, 6) is -1.17. The third-order valence-corrected chi connectivity index (χ3v) is 3.99. The Morgan fingerprint density at radius 1 is 1.40 bits per heavy atom. The van der Waals surface area contributed by atoms with Gasteiger partial charge in [0, 0.05) is 38.1 Å². The maximum atomic E-state index is 12.0. The molecule has 0 aromatic carbocycles. The van der Waals surface area contributed by atoms with E-state index in [1.165, 1.54) is 16.2 Å². The van der Waals surface area contributed by atoms with Gasteiger partial charge in [0.1, 0.15) is 0 Å². The molecule has 1 fully saturated rings. The van der Waals surface area contributed by atoms with Gasteiger partial charge in [-0.2, -0.15) is 0 Å². The van der Waals surface area contributed by atoms with E-state index < -0.39 is 11.8 Å². The van der Waals surface area contributed by atoms with Gasteiger partial charge in [0.25, 0.3) is 0 Å². The van der Waals surface area contributed by atoms with Crippen molar-refractivity contribution < 1.29 is 14.7 Å². The van der Waals surface area contributed by atoms with Gasteiger partial charge in [-0.3, -0.25) is 19.8 Å². The quantitative estimate of drug-likeness (QED) is 0.737. The molecule has 1 aliphatic rings. The minimum Gasteiger partial charge on any atom is -0.395 e. The number of aromatic nitrogens is 1. The molecule has 0 radical (unpaired) electrons. The standard InChI is InChI=1S/C12H18N4O3S/c1-9-8-20-12(13-9)14-10(18)11(19)16-4-2-15(3-5-16)6-7-17/h8,17H,2-7H2,1H3,(H,13,14,18). The molecule has 7 nitrogen and oxygen atoms in total. The van der Waals surface area contributed by atoms with Crippen molar-refractivity contribution in [3.8, 4) is 0 Å². The molecule has 20 heavy (non-hydrogen) atoms. The number of amides is 2. The summed E-state index contributed by atoms with van der Waals surface area (Å²) in [5, 5.41) is 13.6. The third kappa shape index (κ3) is 3.75. The van der Waals surface area contributed by atoms with E-state index in [1.54, 1.807) is 0 Å². The van der Waals surface area contributed by atoms with E-state index in [9.17, 15) is 9.59 Å². The first-order chi connectivity index (χ1) is 9.60. The van der Waals surface area contributed by atoms with E-state index in [-0.39, 0.29) is 6.61 Å². The Hall–Kier alpha value is -1.51. The molecule has 0 unspecified atom stereocenters. The average molecular weight is 298 g/mol. The maximum absolute atomic E-state index is 12.0. The minimum absolute atomic E-state index is 0.109. The molecular formula is C12H18N4O3S. The third-order valence-electron chi connectivity index (χ3n) is 3.11. The summed E-state index contributed by atoms with van der Waals surface area (Å²) in [6.45, 7) is 4.90. The lowest BCUT2D eigenvalue weighted by Gasteiger charge is -2.33. The number of β-amino-alcohol motifs (C(OH)–C–C–N with tert-alkyl or cyclic N) is 1. The van der Waals surface area contributed by atoms with Gasteiger partial charge in [-0.1, -0.05) is 0 Å². The van der Waals surface area contributed by atoms with E-state index in [4.69, 9.17) is 5.11 Å². The van der Waals surface area contributed by atoms with Crippen LogP contribution in [-0.2, 0) is 9.59 Å². The fourth-order valence-corrected chi connectivity index (χ4v) is 2.70. The second kappa shape index (κ2) is 6.78. The monoisotopic (exact) mass is 298 g/mol. The van der Waals surface area contributed by atoms with Gasteiger partial charge in [-0.05, 0) is 6.92 Å². The number of hydrogen-bond acceptors (Lipinski definition) is 6. The molecule has 0 saturated carbocycles. The molecule has 0 aliphatic carbocycles. The second-order valence-corrected chi connectivity index (χ2v) is 5.46. The molecular weight excluding hydrogens is 280 g/mol. The molecule has 1 saturated heterocycles. The normalized spacial score (nSPS) is 16.2. The predicted molar refractivity (Wildman–Crippen MR) is 75.6 cm³/mol. The topological polar surface area (TPSA) is 85.8 Å². The second-order valence-electron chi connectivity index (χ2n) is 4.61. The number of carbonyl (C=O) groups excluding carboxylic acids is 2. The van der Waals surface area contributed by atoms with Crippen LogP contribution in [0.4, 0.5) is 5.13 Å². The Morgan fingerprint density at radius 3 is 2.65 bits per heavy atom. The highest BCUT2D eigenvalue weighted by Crippen LogP contribution is 2.14. The highest BCUT2D eigenvalue weighted by Gasteiger charge is 2.26. The molecule has 0 atom stereocenters. The highest BCUT2D eigenvalue weighted by atomic mass is 32.1. The van der Waals surface area contributed by atoms with E-state index in [1.807, 2.05) is 12.3 Å². The van der Waals surface area contributed by atoms with E-state index >= 15 is 0 Å². The van der Waals surface area contributed by atoms with Gasteiger partial charge in [0.05, 0.1) is 12.3 Å². The number of carbonyl (C=O) groups is 2. The molecule has 2 N–H and O–H groups in total. The van der Waals surface area contributed by atoms with Crippen LogP contribution < -0.4 is 5.32 Å². The Kier molecular flexibility index (Phi) is 5.05. The van der Waals surface area contributed by atoms with Gasteiger partial charge in [-0.15, -0.1) is 11.3 Å². The summed E-state index contributed by atoms with van der Waals surface area (Å²) in [6, 6.07) is 0. The summed E-state index contributed by atoms with van der Waals surface area (Å²) in [5.41, 5.74) is 0.815. The van der Waals surface area contributed by atoms with Gasteiger partial charge >= 0.3 is 11.8 Å². The Bertz CT molecular complexity index is 483. The van der Waals surface area contributed by atoms with Crippen LogP contribution in [0.2, 0.25) is 0 Å². The van der Waals surface area contributed by atoms with Crippen LogP contribution in [-0.4, -0.2) is 71.0 Å². The fourth-order valence-electron chi connectivity index (χ4n) is 2.02. The summed E-state index contributed by atoms with van der Waals surface area (Å²) < 4.78 is 0. The number of aliphatic hydroxyl groups excluding tert-OH is 1. The van der Waals surface area contributed by atoms with Crippen molar-refractivity contribution in [3.05, 3.63) is 11.1 Å². The van der Waals surface area contributed by atoms with E-state index in [0.29, 0.717) is 37.9 Å². The zero-order valence-electron chi connectivity index (χ0n) is 11.3. The van der Waals surface area contributed by atoms with Crippen LogP contribution in [0, 0.1) is 6.92 Å². The molecule has 8 heteroatoms. The zero-order valence-corrected chi connectivity index (χ0v) is 12.2. The summed E-state index contributed by atoms with van der Waals surface area (Å²) >= 11 is 1.30. The van der Waals surface area contributed by atoms with Gasteiger partial charge < -0.3 is 10.0 Å². The van der Waals surface area contributed by atoms with Crippen molar-refractivity contribution in [2.24, 2.45) is 0 Å². The number of aliphatic hydroxyl groups is 1. The predicted octanol–water partition coefficient (Wildman–Crippen LogP) is -0.473. The lowest BCUT2D eigenvalue weighted by Crippen LogP contribution is -2.52. The first kappa shape index (κ1) is 14.9. The van der Waals surface area contributed by atoms with Gasteiger partial charge in [-0.25, -0.2) is 4.98 Å². The van der Waals surface area contributed by atoms with Crippen LogP contribution in [0.3, 0.4) is 0 Å². The van der Waals surface area contributed by atoms with Crippen LogP contribution in [0.1, 0.15) is 5.69 Å². The van der Waals surface area contributed by atoms with Crippen LogP contribution in [0.5, 0.6) is 0 Å². The van der Waals surface area contributed by atoms with Crippen LogP contribution in [0.25, 0.3) is 0 Å². The van der Waals surface area contributed by atoms with Crippen molar-refractivity contribution in [2.75, 3.05) is 44.6 Å². The number of nitrogens with zero attached hydrogens (tertiary/aromatic N) is 3. The summed E-state index contributed by atoms with van der Waals surface area (Å²) in [4.78, 5) is 31.5. The van der Waals surface area contributed by atoms with E-state index in [0.717, 1.165) is 5.69 Å². The number of rotatable bonds is 3. The first-order valence-electron chi connectivity index (χ1n) is 6.45. The molecule has 1 aromatic rings. The van der Waals surface area contributed by atoms with Gasteiger partial charge in [0.15, 0.2) is 5.13 Å². The number of thiazole rings is 1. The number of aryl methyl sites for hydroxylation is 1. The zero-order chi connectivity index (χ0) is 14.5. The molecule has 0 spiro atoms. The minimum atomic E-state index is -0.644. The molecule has 2 heterocycles. The number of anilines is 1. The number of hydrogen-bond donors (Lipinski definition) is 2. The highest BCUT2D eigenvalue weighted by molar-refractivity contribution is 7.14. The molecule has 2 rings (SSSR count). The molecule has 2 amide bonds. The van der Waals surface area contributed by atoms with Crippen molar-refractivity contribution in [3.63, 3.8) is 0 Å². The molecule has 1 aromatic heterocycles. The number of piperazine rings is 1. The van der Waals surface area contributed by atoms with E-state index in [2.05, 4.69) is 15.2 Å². The SMILES string of the molecule is Cc1csc(NC(=O)C(=O)N2CCN(CCO)CC2)n1. The van der Waals surface area contributed by atoms with Crippen LogP contribution in [0.15, 0.2) is 5.38 Å². The Morgan fingerprint density at radius 2 is 2.10 bits per heavy atom. The molecule has 0 bridgehead atoms. The lowest BCUT2D eigenvalue weighted by molar-refractivity contribution is -0.144. The van der Waals surface area contributed by atoms with Crippen molar-refractivity contribution in [1.29, 1.82) is 0 Å². The Balaban J connectivity index is 1.84. The fraction of sp³-hybridized carbons (Fsp3) is 0.583. The maximum Gasteiger partial charge on any atom is 0.315 e. The Labute approximate surface area is 121 Å². The molecule has 1 aliphatic heterocycles. The summed E-state index contributed by atoms with van der Waals surface area (Å²) in [7, 11) is 0. The first-order valence-corrected chi connectivity index (χ1v) is 7.33. The smallest absolute Gasteiger partial charge is 0.315 e. The largest absolute Gasteiger partial charge is 0.395 e. The summed E-state index contributed by atoms with van der Waals surface area (Å²) in [6.07, 6.45) is 0. The van der Waals surface area contributed by atoms with Crippen molar-refractivity contribution in [1.82, 2.24) is 14.8 Å². The van der Waals surface area contributed by atoms with Crippen molar-refractivity contribution in [2.45, 2.75) is 6.92 Å². The van der Waals surface area contributed by atoms with Gasteiger partial charge in [0.2, 0.25) is 0 Å². The lowest BCUT2D eigenvalue weighted by atomic mass is 10.3. The average Bonchev–Trinajstić information content (AvgIpc) is 2.84. The number of nitrogens with one attached hydrogen (secondary N) is 1. The van der Waals surface area contributed by atoms with Crippen LogP contribution >= 0.6 is 11.3 Å². The van der Waals surface area contributed by atoms with Crippen molar-refractivity contribution >= 4 is 28.3 Å².